The number of aryl methyl sites for hydroxylation is 1. The fourth-order valence-electron chi connectivity index (χ4n) is 11.3. The molecule has 2 aromatic heterocycles. The predicted octanol–water partition coefficient (Wildman–Crippen LogP) is 17.1. The van der Waals surface area contributed by atoms with Crippen LogP contribution in [0.25, 0.3) is 66.1 Å². The van der Waals surface area contributed by atoms with E-state index in [0.717, 1.165) is 79.3 Å². The summed E-state index contributed by atoms with van der Waals surface area (Å²) in [6.45, 7) is 2.23. The average Bonchev–Trinajstić information content (AvgIpc) is 4.06. The molecule has 2 heterocycles. The molecule has 0 spiro atoms. The zero-order chi connectivity index (χ0) is 44.5. The number of hydrogen-bond acceptors (Lipinski definition) is 3. The van der Waals surface area contributed by atoms with E-state index in [2.05, 4.69) is 236 Å². The number of nitrogens with zero attached hydrogens (tertiary/aromatic N) is 1. The minimum atomic E-state index is -0.556. The maximum absolute atomic E-state index is 6.89. The molecule has 12 aromatic rings. The lowest BCUT2D eigenvalue weighted by Gasteiger charge is -2.35. The number of rotatable bonds is 9. The van der Waals surface area contributed by atoms with Gasteiger partial charge in [0.25, 0.3) is 0 Å². The molecule has 3 heteroatoms. The number of furan rings is 2. The van der Waals surface area contributed by atoms with Gasteiger partial charge >= 0.3 is 0 Å². The van der Waals surface area contributed by atoms with Crippen LogP contribution in [-0.4, -0.2) is 0 Å². The van der Waals surface area contributed by atoms with Crippen LogP contribution in [0.2, 0.25) is 0 Å². The Kier molecular flexibility index (Phi) is 9.11. The van der Waals surface area contributed by atoms with Gasteiger partial charge in [-0.25, -0.2) is 0 Å². The topological polar surface area (TPSA) is 29.5 Å². The smallest absolute Gasteiger partial charge is 0.159 e. The Morgan fingerprint density at radius 2 is 0.910 bits per heavy atom. The van der Waals surface area contributed by atoms with E-state index in [1.807, 2.05) is 6.07 Å². The van der Waals surface area contributed by atoms with E-state index < -0.39 is 5.41 Å². The van der Waals surface area contributed by atoms with Gasteiger partial charge in [-0.05, 0) is 110 Å². The minimum absolute atomic E-state index is 0.556. The Labute approximate surface area is 389 Å². The van der Waals surface area contributed by atoms with Crippen LogP contribution in [0.5, 0.6) is 0 Å². The van der Waals surface area contributed by atoms with Crippen molar-refractivity contribution in [1.29, 1.82) is 0 Å². The van der Waals surface area contributed by atoms with Crippen molar-refractivity contribution < 1.29 is 8.83 Å². The lowest BCUT2D eigenvalue weighted by Crippen LogP contribution is -2.28. The van der Waals surface area contributed by atoms with Gasteiger partial charge in [0.05, 0.1) is 11.1 Å². The highest BCUT2D eigenvalue weighted by Crippen LogP contribution is 2.57. The van der Waals surface area contributed by atoms with Crippen molar-refractivity contribution >= 4 is 60.9 Å². The van der Waals surface area contributed by atoms with Crippen molar-refractivity contribution in [3.05, 3.63) is 269 Å². The average molecular weight is 860 g/mol. The first-order valence-corrected chi connectivity index (χ1v) is 23.3. The molecule has 0 radical (unpaired) electrons. The Hall–Kier alpha value is -8.40. The molecule has 0 saturated carbocycles. The summed E-state index contributed by atoms with van der Waals surface area (Å²) in [4.78, 5) is 2.39. The first kappa shape index (κ1) is 39.0. The van der Waals surface area contributed by atoms with Crippen LogP contribution in [-0.2, 0) is 18.3 Å². The SMILES string of the molecule is CCc1ccccc1-c1ccccc1Cc1cccc2c1oc1ccc(N(c3ccc4c(c3)C(c3ccccc3)(c3ccccc3)c3ccccc3-4)c3cccc4c3oc3ccccc34)cc12. The molecular formula is C64H45NO2. The molecule has 0 amide bonds. The van der Waals surface area contributed by atoms with E-state index in [4.69, 9.17) is 8.83 Å². The molecule has 13 rings (SSSR count). The third-order valence-electron chi connectivity index (χ3n) is 14.2. The minimum Gasteiger partial charge on any atom is -0.456 e. The summed E-state index contributed by atoms with van der Waals surface area (Å²) < 4.78 is 13.7. The van der Waals surface area contributed by atoms with Crippen molar-refractivity contribution in [3.63, 3.8) is 0 Å². The molecule has 1 aliphatic rings. The van der Waals surface area contributed by atoms with Gasteiger partial charge in [0.2, 0.25) is 0 Å². The van der Waals surface area contributed by atoms with Gasteiger partial charge in [0.1, 0.15) is 16.7 Å². The van der Waals surface area contributed by atoms with Crippen LogP contribution < -0.4 is 4.90 Å². The summed E-state index contributed by atoms with van der Waals surface area (Å²) in [7, 11) is 0. The van der Waals surface area contributed by atoms with E-state index in [0.29, 0.717) is 0 Å². The molecule has 67 heavy (non-hydrogen) atoms. The highest BCUT2D eigenvalue weighted by Gasteiger charge is 2.46. The van der Waals surface area contributed by atoms with Crippen molar-refractivity contribution in [3.8, 4) is 22.3 Å². The van der Waals surface area contributed by atoms with Gasteiger partial charge in [-0.15, -0.1) is 0 Å². The summed E-state index contributed by atoms with van der Waals surface area (Å²) in [6.07, 6.45) is 1.73. The number of fused-ring (bicyclic) bond motifs is 9. The Morgan fingerprint density at radius 3 is 1.69 bits per heavy atom. The maximum Gasteiger partial charge on any atom is 0.159 e. The van der Waals surface area contributed by atoms with Crippen LogP contribution >= 0.6 is 0 Å². The largest absolute Gasteiger partial charge is 0.456 e. The lowest BCUT2D eigenvalue weighted by molar-refractivity contribution is 0.664. The normalized spacial score (nSPS) is 12.8. The quantitative estimate of drug-likeness (QED) is 0.145. The zero-order valence-corrected chi connectivity index (χ0v) is 37.1. The molecule has 0 unspecified atom stereocenters. The van der Waals surface area contributed by atoms with Gasteiger partial charge < -0.3 is 13.7 Å². The highest BCUT2D eigenvalue weighted by molar-refractivity contribution is 6.12. The molecular weight excluding hydrogens is 815 g/mol. The van der Waals surface area contributed by atoms with Gasteiger partial charge in [0, 0.05) is 39.3 Å². The Morgan fingerprint density at radius 1 is 0.373 bits per heavy atom. The number of anilines is 3. The van der Waals surface area contributed by atoms with Gasteiger partial charge in [-0.3, -0.25) is 0 Å². The number of hydrogen-bond donors (Lipinski definition) is 0. The number of para-hydroxylation sites is 3. The molecule has 0 atom stereocenters. The second-order valence-electron chi connectivity index (χ2n) is 17.8. The zero-order valence-electron chi connectivity index (χ0n) is 37.1. The van der Waals surface area contributed by atoms with E-state index in [9.17, 15) is 0 Å². The van der Waals surface area contributed by atoms with Crippen LogP contribution in [0.15, 0.2) is 239 Å². The lowest BCUT2D eigenvalue weighted by atomic mass is 9.67. The van der Waals surface area contributed by atoms with Crippen molar-refractivity contribution in [2.75, 3.05) is 4.90 Å². The van der Waals surface area contributed by atoms with Crippen molar-refractivity contribution in [2.24, 2.45) is 0 Å². The highest BCUT2D eigenvalue weighted by atomic mass is 16.3. The molecule has 0 aliphatic heterocycles. The molecule has 3 nitrogen and oxygen atoms in total. The summed E-state index contributed by atoms with van der Waals surface area (Å²) in [6, 6.07) is 83.7. The molecule has 0 N–H and O–H groups in total. The maximum atomic E-state index is 6.89. The third kappa shape index (κ3) is 6.05. The third-order valence-corrected chi connectivity index (χ3v) is 14.2. The Balaban J connectivity index is 1.02. The van der Waals surface area contributed by atoms with Crippen LogP contribution in [0.3, 0.4) is 0 Å². The second-order valence-corrected chi connectivity index (χ2v) is 17.8. The summed E-state index contributed by atoms with van der Waals surface area (Å²) in [5, 5.41) is 4.34. The van der Waals surface area contributed by atoms with Crippen molar-refractivity contribution in [2.45, 2.75) is 25.2 Å². The molecule has 0 fully saturated rings. The van der Waals surface area contributed by atoms with E-state index >= 15 is 0 Å². The van der Waals surface area contributed by atoms with Crippen LogP contribution in [0.4, 0.5) is 17.1 Å². The molecule has 0 saturated heterocycles. The summed E-state index contributed by atoms with van der Waals surface area (Å²) in [5.41, 5.74) is 19.8. The van der Waals surface area contributed by atoms with Gasteiger partial charge in [-0.2, -0.15) is 0 Å². The summed E-state index contributed by atoms with van der Waals surface area (Å²) >= 11 is 0. The van der Waals surface area contributed by atoms with E-state index in [-0.39, 0.29) is 0 Å². The van der Waals surface area contributed by atoms with Crippen molar-refractivity contribution in [1.82, 2.24) is 0 Å². The van der Waals surface area contributed by atoms with E-state index in [1.165, 1.54) is 55.6 Å². The first-order chi connectivity index (χ1) is 33.2. The molecule has 318 valence electrons. The van der Waals surface area contributed by atoms with E-state index in [1.54, 1.807) is 0 Å². The predicted molar refractivity (Wildman–Crippen MR) is 277 cm³/mol. The fourth-order valence-corrected chi connectivity index (χ4v) is 11.3. The van der Waals surface area contributed by atoms with Crippen LogP contribution in [0.1, 0.15) is 45.9 Å². The van der Waals surface area contributed by atoms with Crippen LogP contribution in [0, 0.1) is 0 Å². The first-order valence-electron chi connectivity index (χ1n) is 23.3. The molecule has 0 bridgehead atoms. The molecule has 1 aliphatic carbocycles. The monoisotopic (exact) mass is 859 g/mol. The number of benzene rings is 10. The van der Waals surface area contributed by atoms with Gasteiger partial charge in [0.15, 0.2) is 5.58 Å². The second kappa shape index (κ2) is 15.6. The van der Waals surface area contributed by atoms with Gasteiger partial charge in [-0.1, -0.05) is 195 Å². The molecule has 10 aromatic carbocycles. The fraction of sp³-hybridized carbons (Fsp3) is 0.0625. The standard InChI is InChI=1S/C64H45NO2/c1-2-42-19-9-11-26-49(42)50-27-12-10-20-43(50)39-44-21-17-30-55-56-40-47(36-38-61(56)66-62(44)55)65(59-33-18-31-54-53-29-14-16-34-60(53)67-63(54)59)48-35-37-52-51-28-13-15-32-57(51)64(58(52)41-48,45-22-5-3-6-23-45)46-24-7-4-8-25-46/h3-38,40-41H,2,39H2,1H3. The Bertz CT molecular complexity index is 3800. The summed E-state index contributed by atoms with van der Waals surface area (Å²) in [5.74, 6) is 0.